The molecule has 0 saturated carbocycles. The molecule has 0 aromatic heterocycles. The van der Waals surface area contributed by atoms with Gasteiger partial charge < -0.3 is 4.79 Å². The van der Waals surface area contributed by atoms with Crippen LogP contribution in [0.25, 0.3) is 0 Å². The van der Waals surface area contributed by atoms with Crippen molar-refractivity contribution in [3.8, 4) is 0 Å². The van der Waals surface area contributed by atoms with Gasteiger partial charge >= 0.3 is 0 Å². The van der Waals surface area contributed by atoms with Crippen molar-refractivity contribution in [2.75, 3.05) is 5.75 Å². The largest absolute Gasteiger partial charge is 0.313 e. The topological polar surface area (TPSA) is 17.1 Å². The average molecular weight is 176 g/mol. The number of benzene rings is 1. The van der Waals surface area contributed by atoms with Crippen LogP contribution in [0, 0.1) is 0 Å². The lowest BCUT2D eigenvalue weighted by Gasteiger charge is -1.98. The predicted molar refractivity (Wildman–Crippen MR) is 52.5 cm³/mol. The monoisotopic (exact) mass is 176 g/mol. The van der Waals surface area contributed by atoms with E-state index in [2.05, 4.69) is 0 Å². The van der Waals surface area contributed by atoms with Crippen LogP contribution in [0.15, 0.2) is 35.2 Å². The molecule has 0 unspecified atom stereocenters. The average Bonchev–Trinajstić information content (AvgIpc) is 2.05. The summed E-state index contributed by atoms with van der Waals surface area (Å²) >= 11 is 1.65. The zero-order valence-corrected chi connectivity index (χ0v) is 7.51. The van der Waals surface area contributed by atoms with Crippen LogP contribution in [0.1, 0.15) is 6.42 Å². The number of thioether (sulfide) groups is 1. The van der Waals surface area contributed by atoms with Gasteiger partial charge in [0.1, 0.15) is 0 Å². The third-order valence-electron chi connectivity index (χ3n) is 1.36. The zero-order valence-electron chi connectivity index (χ0n) is 6.69. The third kappa shape index (κ3) is 3.63. The first-order valence-electron chi connectivity index (χ1n) is 3.75. The van der Waals surface area contributed by atoms with Crippen molar-refractivity contribution in [2.24, 2.45) is 0 Å². The number of rotatable bonds is 4. The molecule has 0 saturated heterocycles. The highest BCUT2D eigenvalue weighted by atomic mass is 32.2. The number of carbonyl (C=O) groups excluding carboxylic acids is 1. The summed E-state index contributed by atoms with van der Waals surface area (Å²) in [5.41, 5.74) is -0.238. The molecule has 0 aliphatic rings. The van der Waals surface area contributed by atoms with E-state index in [0.29, 0.717) is 6.42 Å². The van der Waals surface area contributed by atoms with E-state index in [1.165, 1.54) is 4.90 Å². The van der Waals surface area contributed by atoms with Crippen LogP contribution in [0.5, 0.6) is 0 Å². The molecular formula is C9H9BOS. The van der Waals surface area contributed by atoms with Gasteiger partial charge in [-0.05, 0) is 12.1 Å². The lowest BCUT2D eigenvalue weighted by atomic mass is 10.0. The Labute approximate surface area is 78.0 Å². The Morgan fingerprint density at radius 2 is 2.00 bits per heavy atom. The van der Waals surface area contributed by atoms with Crippen molar-refractivity contribution in [1.82, 2.24) is 0 Å². The Bertz CT molecular complexity index is 248. The molecule has 0 heterocycles. The number of hydrogen-bond donors (Lipinski definition) is 0. The Hall–Kier alpha value is -0.695. The summed E-state index contributed by atoms with van der Waals surface area (Å²) < 4.78 is 0. The fourth-order valence-corrected chi connectivity index (χ4v) is 1.67. The number of hydrogen-bond acceptors (Lipinski definition) is 2. The van der Waals surface area contributed by atoms with Crippen molar-refractivity contribution in [2.45, 2.75) is 11.3 Å². The molecular weight excluding hydrogens is 167 g/mol. The summed E-state index contributed by atoms with van der Waals surface area (Å²) in [5, 5.41) is 0. The van der Waals surface area contributed by atoms with Gasteiger partial charge in [0, 0.05) is 17.1 Å². The van der Waals surface area contributed by atoms with Gasteiger partial charge in [0.05, 0.1) is 5.68 Å². The minimum absolute atomic E-state index is 0.238. The number of carbonyl (C=O) groups is 1. The van der Waals surface area contributed by atoms with Crippen LogP contribution in [0.4, 0.5) is 0 Å². The molecule has 0 bridgehead atoms. The second kappa shape index (κ2) is 5.04. The van der Waals surface area contributed by atoms with Crippen molar-refractivity contribution >= 4 is 25.3 Å². The van der Waals surface area contributed by atoms with E-state index in [9.17, 15) is 4.79 Å². The van der Waals surface area contributed by atoms with Gasteiger partial charge in [-0.3, -0.25) is 0 Å². The molecule has 1 nitrogen and oxygen atoms in total. The summed E-state index contributed by atoms with van der Waals surface area (Å²) in [7, 11) is 5.00. The van der Waals surface area contributed by atoms with E-state index < -0.39 is 0 Å². The molecule has 0 N–H and O–H groups in total. The summed E-state index contributed by atoms with van der Waals surface area (Å²) in [6.07, 6.45) is 0.444. The summed E-state index contributed by atoms with van der Waals surface area (Å²) in [4.78, 5) is 11.6. The van der Waals surface area contributed by atoms with Crippen molar-refractivity contribution in [3.63, 3.8) is 0 Å². The van der Waals surface area contributed by atoms with Crippen LogP contribution in [0.3, 0.4) is 0 Å². The predicted octanol–water partition coefficient (Wildman–Crippen LogP) is 1.86. The van der Waals surface area contributed by atoms with Crippen LogP contribution in [0.2, 0.25) is 0 Å². The maximum atomic E-state index is 10.4. The van der Waals surface area contributed by atoms with E-state index in [1.54, 1.807) is 11.8 Å². The highest BCUT2D eigenvalue weighted by Gasteiger charge is 1.94. The van der Waals surface area contributed by atoms with Crippen molar-refractivity contribution < 1.29 is 4.79 Å². The minimum atomic E-state index is -0.238. The molecule has 1 aromatic rings. The molecule has 12 heavy (non-hydrogen) atoms. The van der Waals surface area contributed by atoms with E-state index in [-0.39, 0.29) is 5.68 Å². The third-order valence-corrected chi connectivity index (χ3v) is 2.37. The summed E-state index contributed by atoms with van der Waals surface area (Å²) in [6.45, 7) is 0. The van der Waals surface area contributed by atoms with Gasteiger partial charge in [-0.2, -0.15) is 0 Å². The molecule has 1 aromatic carbocycles. The SMILES string of the molecule is [B]C(=O)CCSc1ccccc1. The van der Waals surface area contributed by atoms with Crippen LogP contribution in [-0.4, -0.2) is 19.3 Å². The molecule has 0 aliphatic carbocycles. The maximum absolute atomic E-state index is 10.4. The highest BCUT2D eigenvalue weighted by molar-refractivity contribution is 7.99. The smallest absolute Gasteiger partial charge is 0.167 e. The van der Waals surface area contributed by atoms with E-state index in [0.717, 1.165) is 5.75 Å². The van der Waals surface area contributed by atoms with Gasteiger partial charge in [0.25, 0.3) is 0 Å². The molecule has 60 valence electrons. The second-order valence-electron chi connectivity index (χ2n) is 2.38. The Kier molecular flexibility index (Phi) is 3.95. The molecule has 3 heteroatoms. The van der Waals surface area contributed by atoms with Crippen LogP contribution < -0.4 is 0 Å². The van der Waals surface area contributed by atoms with Gasteiger partial charge in [-0.25, -0.2) is 0 Å². The minimum Gasteiger partial charge on any atom is -0.313 e. The highest BCUT2D eigenvalue weighted by Crippen LogP contribution is 2.17. The summed E-state index contributed by atoms with van der Waals surface area (Å²) in [5.74, 6) is 0.763. The lowest BCUT2D eigenvalue weighted by molar-refractivity contribution is -0.111. The first-order chi connectivity index (χ1) is 5.79. The summed E-state index contributed by atoms with van der Waals surface area (Å²) in [6, 6.07) is 9.97. The molecule has 0 amide bonds. The Balaban J connectivity index is 2.29. The standard InChI is InChI=1S/C9H9BOS/c10-9(11)6-7-12-8-4-2-1-3-5-8/h1-5H,6-7H2. The fourth-order valence-electron chi connectivity index (χ4n) is 0.786. The van der Waals surface area contributed by atoms with E-state index >= 15 is 0 Å². The van der Waals surface area contributed by atoms with Gasteiger partial charge in [-0.1, -0.05) is 18.2 Å². The van der Waals surface area contributed by atoms with Gasteiger partial charge in [0.2, 0.25) is 0 Å². The molecule has 0 atom stereocenters. The molecule has 0 spiro atoms. The Morgan fingerprint density at radius 1 is 1.33 bits per heavy atom. The molecule has 0 aliphatic heterocycles. The Morgan fingerprint density at radius 3 is 2.58 bits per heavy atom. The quantitative estimate of drug-likeness (QED) is 0.514. The van der Waals surface area contributed by atoms with Gasteiger partial charge in [0.15, 0.2) is 7.85 Å². The maximum Gasteiger partial charge on any atom is 0.167 e. The van der Waals surface area contributed by atoms with Crippen molar-refractivity contribution in [3.05, 3.63) is 30.3 Å². The van der Waals surface area contributed by atoms with Crippen molar-refractivity contribution in [1.29, 1.82) is 0 Å². The first kappa shape index (κ1) is 9.39. The normalized spacial score (nSPS) is 9.67. The van der Waals surface area contributed by atoms with Gasteiger partial charge in [-0.15, -0.1) is 11.8 Å². The van der Waals surface area contributed by atoms with E-state index in [1.807, 2.05) is 30.3 Å². The van der Waals surface area contributed by atoms with Crippen LogP contribution in [-0.2, 0) is 4.79 Å². The second-order valence-corrected chi connectivity index (χ2v) is 3.55. The fraction of sp³-hybridized carbons (Fsp3) is 0.222. The lowest BCUT2D eigenvalue weighted by Crippen LogP contribution is -1.96. The van der Waals surface area contributed by atoms with Crippen LogP contribution >= 0.6 is 11.8 Å². The molecule has 0 fully saturated rings. The molecule has 2 radical (unpaired) electrons. The first-order valence-corrected chi connectivity index (χ1v) is 4.74. The van der Waals surface area contributed by atoms with E-state index in [4.69, 9.17) is 7.85 Å². The molecule has 1 rings (SSSR count). The zero-order chi connectivity index (χ0) is 8.81.